The molecular weight excluding hydrogens is 399 g/mol. The van der Waals surface area contributed by atoms with Crippen LogP contribution in [-0.4, -0.2) is 28.8 Å². The van der Waals surface area contributed by atoms with Gasteiger partial charge < -0.3 is 9.47 Å². The van der Waals surface area contributed by atoms with Gasteiger partial charge in [0, 0.05) is 18.5 Å². The third kappa shape index (κ3) is 5.48. The van der Waals surface area contributed by atoms with Crippen molar-refractivity contribution in [3.63, 3.8) is 0 Å². The molecule has 1 aromatic carbocycles. The number of alkyl halides is 3. The molecule has 0 saturated heterocycles. The van der Waals surface area contributed by atoms with E-state index in [4.69, 9.17) is 11.2 Å². The molecule has 6 nitrogen and oxygen atoms in total. The van der Waals surface area contributed by atoms with Crippen molar-refractivity contribution >= 4 is 11.6 Å². The van der Waals surface area contributed by atoms with Gasteiger partial charge in [0.15, 0.2) is 0 Å². The third-order valence-corrected chi connectivity index (χ3v) is 3.72. The molecule has 30 heavy (non-hydrogen) atoms. The van der Waals surface area contributed by atoms with E-state index >= 15 is 0 Å². The van der Waals surface area contributed by atoms with Gasteiger partial charge in [-0.3, -0.25) is 14.7 Å². The van der Waals surface area contributed by atoms with Gasteiger partial charge in [-0.05, 0) is 42.5 Å². The van der Waals surface area contributed by atoms with E-state index in [0.29, 0.717) is 5.69 Å². The van der Waals surface area contributed by atoms with Gasteiger partial charge in [0.25, 0.3) is 5.91 Å². The highest BCUT2D eigenvalue weighted by molar-refractivity contribution is 6.06. The smallest absolute Gasteiger partial charge is 0.439 e. The Kier molecular flexibility index (Phi) is 6.17. The molecule has 0 bridgehead atoms. The van der Waals surface area contributed by atoms with Crippen LogP contribution in [0.2, 0.25) is 0 Å². The molecule has 2 heterocycles. The number of amides is 1. The van der Waals surface area contributed by atoms with Gasteiger partial charge in [-0.25, -0.2) is 4.98 Å². The maximum atomic E-state index is 12.8. The maximum absolute atomic E-state index is 12.8. The third-order valence-electron chi connectivity index (χ3n) is 3.72. The summed E-state index contributed by atoms with van der Waals surface area (Å²) >= 11 is 0. The van der Waals surface area contributed by atoms with Crippen molar-refractivity contribution < 1.29 is 27.4 Å². The zero-order chi connectivity index (χ0) is 21.6. The normalized spacial score (nSPS) is 10.7. The summed E-state index contributed by atoms with van der Waals surface area (Å²) in [5.41, 5.74) is 0.817. The van der Waals surface area contributed by atoms with Crippen LogP contribution in [-0.2, 0) is 0 Å². The lowest BCUT2D eigenvalue weighted by molar-refractivity contribution is -0.274. The van der Waals surface area contributed by atoms with Gasteiger partial charge in [-0.1, -0.05) is 5.92 Å². The van der Waals surface area contributed by atoms with E-state index in [1.807, 2.05) is 0 Å². The molecule has 1 amide bonds. The van der Waals surface area contributed by atoms with Gasteiger partial charge in [-0.2, -0.15) is 0 Å². The number of anilines is 1. The molecule has 0 saturated carbocycles. The van der Waals surface area contributed by atoms with E-state index in [-0.39, 0.29) is 35.4 Å². The first kappa shape index (κ1) is 20.7. The van der Waals surface area contributed by atoms with Crippen molar-refractivity contribution in [2.75, 3.05) is 11.4 Å². The monoisotopic (exact) mass is 413 g/mol. The molecule has 0 N–H and O–H groups in total. The van der Waals surface area contributed by atoms with Crippen molar-refractivity contribution in [3.8, 4) is 29.7 Å². The average molecular weight is 413 g/mol. The highest BCUT2D eigenvalue weighted by atomic mass is 19.4. The number of hydrogen-bond donors (Lipinski definition) is 0. The predicted octanol–water partition coefficient (Wildman–Crippen LogP) is 4.45. The van der Waals surface area contributed by atoms with E-state index < -0.39 is 6.36 Å². The van der Waals surface area contributed by atoms with Crippen LogP contribution >= 0.6 is 0 Å². The van der Waals surface area contributed by atoms with E-state index in [2.05, 4.69) is 20.6 Å². The summed E-state index contributed by atoms with van der Waals surface area (Å²) in [7, 11) is 0. The quantitative estimate of drug-likeness (QED) is 0.559. The summed E-state index contributed by atoms with van der Waals surface area (Å²) in [5.74, 6) is 2.10. The molecule has 0 radical (unpaired) electrons. The van der Waals surface area contributed by atoms with Gasteiger partial charge >= 0.3 is 6.36 Å². The Hall–Kier alpha value is -4.06. The average Bonchev–Trinajstić information content (AvgIpc) is 2.73. The molecule has 0 spiro atoms. The number of carbonyl (C=O) groups is 1. The minimum Gasteiger partial charge on any atom is -0.439 e. The van der Waals surface area contributed by atoms with Crippen molar-refractivity contribution in [1.29, 1.82) is 0 Å². The van der Waals surface area contributed by atoms with E-state index in [1.54, 1.807) is 18.3 Å². The molecule has 3 rings (SSSR count). The Labute approximate surface area is 169 Å². The van der Waals surface area contributed by atoms with Crippen molar-refractivity contribution in [3.05, 3.63) is 72.7 Å². The fourth-order valence-corrected chi connectivity index (χ4v) is 2.44. The molecular formula is C21H14F3N3O3. The largest absolute Gasteiger partial charge is 0.573 e. The molecule has 0 atom stereocenters. The SMILES string of the molecule is C#CCN(C(=O)c1ccc(Oc2ccc(OC(F)(F)F)cc2)nc1)c1cccnc1. The number of rotatable bonds is 6. The fraction of sp³-hybridized carbons (Fsp3) is 0.0952. The second kappa shape index (κ2) is 8.96. The fourth-order valence-electron chi connectivity index (χ4n) is 2.44. The summed E-state index contributed by atoms with van der Waals surface area (Å²) in [6, 6.07) is 11.2. The van der Waals surface area contributed by atoms with Crippen LogP contribution in [0.15, 0.2) is 67.1 Å². The van der Waals surface area contributed by atoms with Gasteiger partial charge in [-0.15, -0.1) is 19.6 Å². The van der Waals surface area contributed by atoms with Crippen molar-refractivity contribution in [1.82, 2.24) is 9.97 Å². The number of pyridine rings is 2. The van der Waals surface area contributed by atoms with Crippen LogP contribution in [0.1, 0.15) is 10.4 Å². The summed E-state index contributed by atoms with van der Waals surface area (Å²) in [5, 5.41) is 0. The standard InChI is InChI=1S/C21H14F3N3O3/c1-2-12-27(16-4-3-11-25-14-16)20(28)15-5-10-19(26-13-15)29-17-6-8-18(9-7-17)30-21(22,23)24/h1,3-11,13-14H,12H2. The molecule has 0 fully saturated rings. The Balaban J connectivity index is 1.70. The Bertz CT molecular complexity index is 1030. The number of hydrogen-bond acceptors (Lipinski definition) is 5. The Morgan fingerprint density at radius 3 is 2.37 bits per heavy atom. The maximum Gasteiger partial charge on any atom is 0.573 e. The molecule has 0 aliphatic rings. The number of halogens is 3. The van der Waals surface area contributed by atoms with Gasteiger partial charge in [0.05, 0.1) is 24.0 Å². The number of terminal acetylenes is 1. The second-order valence-corrected chi connectivity index (χ2v) is 5.81. The van der Waals surface area contributed by atoms with Crippen LogP contribution < -0.4 is 14.4 Å². The topological polar surface area (TPSA) is 64.6 Å². The Morgan fingerprint density at radius 2 is 1.80 bits per heavy atom. The minimum absolute atomic E-state index is 0.0507. The number of benzene rings is 1. The molecule has 152 valence electrons. The van der Waals surface area contributed by atoms with Gasteiger partial charge in [0.2, 0.25) is 5.88 Å². The summed E-state index contributed by atoms with van der Waals surface area (Å²) < 4.78 is 45.9. The highest BCUT2D eigenvalue weighted by Gasteiger charge is 2.31. The minimum atomic E-state index is -4.77. The molecule has 0 unspecified atom stereocenters. The first-order chi connectivity index (χ1) is 14.4. The van der Waals surface area contributed by atoms with Crippen LogP contribution in [0.25, 0.3) is 0 Å². The van der Waals surface area contributed by atoms with E-state index in [0.717, 1.165) is 12.1 Å². The summed E-state index contributed by atoms with van der Waals surface area (Å²) in [6.07, 6.45) is 5.02. The van der Waals surface area contributed by atoms with Crippen LogP contribution in [0.3, 0.4) is 0 Å². The zero-order valence-electron chi connectivity index (χ0n) is 15.3. The molecule has 3 aromatic rings. The predicted molar refractivity (Wildman–Crippen MR) is 102 cm³/mol. The number of carbonyl (C=O) groups excluding carboxylic acids is 1. The number of ether oxygens (including phenoxy) is 2. The first-order valence-corrected chi connectivity index (χ1v) is 8.51. The molecule has 2 aromatic heterocycles. The Morgan fingerprint density at radius 1 is 1.07 bits per heavy atom. The van der Waals surface area contributed by atoms with E-state index in [1.165, 1.54) is 41.6 Å². The van der Waals surface area contributed by atoms with Crippen LogP contribution in [0.5, 0.6) is 17.4 Å². The number of nitrogens with zero attached hydrogens (tertiary/aromatic N) is 3. The second-order valence-electron chi connectivity index (χ2n) is 5.81. The number of aromatic nitrogens is 2. The lowest BCUT2D eigenvalue weighted by Gasteiger charge is -2.19. The summed E-state index contributed by atoms with van der Waals surface area (Å²) in [4.78, 5) is 22.2. The van der Waals surface area contributed by atoms with Crippen LogP contribution in [0.4, 0.5) is 18.9 Å². The first-order valence-electron chi connectivity index (χ1n) is 8.51. The molecule has 0 aliphatic carbocycles. The summed E-state index contributed by atoms with van der Waals surface area (Å²) in [6.45, 7) is 0.0507. The molecule has 9 heteroatoms. The van der Waals surface area contributed by atoms with Crippen LogP contribution in [0, 0.1) is 12.3 Å². The van der Waals surface area contributed by atoms with Gasteiger partial charge in [0.1, 0.15) is 11.5 Å². The van der Waals surface area contributed by atoms with Crippen molar-refractivity contribution in [2.45, 2.75) is 6.36 Å². The molecule has 0 aliphatic heterocycles. The van der Waals surface area contributed by atoms with E-state index in [9.17, 15) is 18.0 Å². The lowest BCUT2D eigenvalue weighted by atomic mass is 10.2. The zero-order valence-corrected chi connectivity index (χ0v) is 15.3. The highest BCUT2D eigenvalue weighted by Crippen LogP contribution is 2.27. The van der Waals surface area contributed by atoms with Crippen molar-refractivity contribution in [2.24, 2.45) is 0 Å². The lowest BCUT2D eigenvalue weighted by Crippen LogP contribution is -2.31.